The lowest BCUT2D eigenvalue weighted by atomic mass is 10.1. The molecule has 0 saturated heterocycles. The van der Waals surface area contributed by atoms with Crippen molar-refractivity contribution in [3.05, 3.63) is 39.9 Å². The molecular weight excluding hydrogens is 194 g/mol. The lowest BCUT2D eigenvalue weighted by Gasteiger charge is -2.06. The molecule has 0 saturated carbocycles. The van der Waals surface area contributed by atoms with Crippen LogP contribution < -0.4 is 5.32 Å². The molecule has 78 valence electrons. The van der Waals surface area contributed by atoms with Gasteiger partial charge in [-0.1, -0.05) is 18.2 Å². The number of hydrogen-bond donors (Lipinski definition) is 1. The van der Waals surface area contributed by atoms with Gasteiger partial charge in [0.1, 0.15) is 0 Å². The van der Waals surface area contributed by atoms with Crippen LogP contribution >= 0.6 is 0 Å². The minimum Gasteiger partial charge on any atom is -0.298 e. The minimum absolute atomic E-state index is 0.0788. The van der Waals surface area contributed by atoms with Crippen LogP contribution in [-0.4, -0.2) is 11.0 Å². The van der Waals surface area contributed by atoms with Gasteiger partial charge in [-0.2, -0.15) is 5.26 Å². The van der Waals surface area contributed by atoms with Crippen LogP contribution in [0.1, 0.15) is 12.5 Å². The second-order valence-corrected chi connectivity index (χ2v) is 3.12. The number of benzene rings is 1. The molecule has 1 aromatic carbocycles. The molecule has 1 rings (SSSR count). The normalized spacial score (nSPS) is 11.7. The Morgan fingerprint density at radius 3 is 2.87 bits per heavy atom. The first-order valence-electron chi connectivity index (χ1n) is 4.50. The van der Waals surface area contributed by atoms with E-state index in [9.17, 15) is 10.1 Å². The molecule has 1 unspecified atom stereocenters. The molecule has 5 heteroatoms. The summed E-state index contributed by atoms with van der Waals surface area (Å²) in [6.07, 6.45) is 0. The Hall–Kier alpha value is -1.93. The van der Waals surface area contributed by atoms with Gasteiger partial charge in [-0.3, -0.25) is 15.4 Å². The fourth-order valence-corrected chi connectivity index (χ4v) is 1.15. The maximum absolute atomic E-state index is 10.6. The van der Waals surface area contributed by atoms with Gasteiger partial charge in [-0.25, -0.2) is 0 Å². The highest BCUT2D eigenvalue weighted by Crippen LogP contribution is 2.17. The van der Waals surface area contributed by atoms with E-state index < -0.39 is 4.92 Å². The van der Waals surface area contributed by atoms with Crippen molar-refractivity contribution in [2.75, 3.05) is 0 Å². The summed E-state index contributed by atoms with van der Waals surface area (Å²) in [6.45, 7) is 2.03. The van der Waals surface area contributed by atoms with Gasteiger partial charge in [0.2, 0.25) is 0 Å². The summed E-state index contributed by atoms with van der Waals surface area (Å²) in [5.74, 6) is 0. The predicted molar refractivity (Wildman–Crippen MR) is 55.0 cm³/mol. The number of nitro benzene ring substituents is 1. The van der Waals surface area contributed by atoms with E-state index in [2.05, 4.69) is 5.32 Å². The second kappa shape index (κ2) is 5.08. The van der Waals surface area contributed by atoms with Crippen LogP contribution in [0.15, 0.2) is 24.3 Å². The van der Waals surface area contributed by atoms with Gasteiger partial charge in [0, 0.05) is 18.2 Å². The van der Waals surface area contributed by atoms with Crippen molar-refractivity contribution in [2.45, 2.75) is 19.5 Å². The van der Waals surface area contributed by atoms with Crippen LogP contribution in [0.3, 0.4) is 0 Å². The van der Waals surface area contributed by atoms with E-state index in [0.29, 0.717) is 12.1 Å². The third-order valence-corrected chi connectivity index (χ3v) is 1.98. The third kappa shape index (κ3) is 3.04. The molecular formula is C10H11N3O2. The summed E-state index contributed by atoms with van der Waals surface area (Å²) in [5, 5.41) is 22.1. The number of nitriles is 1. The van der Waals surface area contributed by atoms with E-state index in [1.54, 1.807) is 25.1 Å². The number of rotatable bonds is 4. The summed E-state index contributed by atoms with van der Waals surface area (Å²) in [4.78, 5) is 10.2. The van der Waals surface area contributed by atoms with Gasteiger partial charge in [0.15, 0.2) is 0 Å². The zero-order chi connectivity index (χ0) is 11.3. The first-order valence-corrected chi connectivity index (χ1v) is 4.50. The van der Waals surface area contributed by atoms with Crippen LogP contribution in [0.5, 0.6) is 0 Å². The molecule has 0 aliphatic heterocycles. The number of nitrogens with one attached hydrogen (secondary N) is 1. The highest BCUT2D eigenvalue weighted by Gasteiger charge is 2.12. The number of nitro groups is 1. The first kappa shape index (κ1) is 11.1. The van der Waals surface area contributed by atoms with Crippen molar-refractivity contribution < 1.29 is 4.92 Å². The Balaban J connectivity index is 2.77. The Morgan fingerprint density at radius 1 is 1.60 bits per heavy atom. The molecule has 1 aromatic rings. The molecule has 0 heterocycles. The van der Waals surface area contributed by atoms with E-state index in [-0.39, 0.29) is 11.7 Å². The zero-order valence-corrected chi connectivity index (χ0v) is 8.30. The van der Waals surface area contributed by atoms with Gasteiger partial charge >= 0.3 is 0 Å². The monoisotopic (exact) mass is 205 g/mol. The summed E-state index contributed by atoms with van der Waals surface area (Å²) < 4.78 is 0. The Morgan fingerprint density at radius 2 is 2.27 bits per heavy atom. The van der Waals surface area contributed by atoms with Crippen LogP contribution in [0.4, 0.5) is 5.69 Å². The molecule has 0 aliphatic carbocycles. The number of para-hydroxylation sites is 1. The average molecular weight is 205 g/mol. The van der Waals surface area contributed by atoms with Crippen molar-refractivity contribution in [1.82, 2.24) is 5.32 Å². The molecule has 1 atom stereocenters. The van der Waals surface area contributed by atoms with Crippen LogP contribution in [-0.2, 0) is 6.54 Å². The number of hydrogen-bond acceptors (Lipinski definition) is 4. The molecule has 0 aromatic heterocycles. The predicted octanol–water partition coefficient (Wildman–Crippen LogP) is 1.60. The van der Waals surface area contributed by atoms with Crippen molar-refractivity contribution in [2.24, 2.45) is 0 Å². The van der Waals surface area contributed by atoms with E-state index in [0.717, 1.165) is 0 Å². The highest BCUT2D eigenvalue weighted by atomic mass is 16.6. The van der Waals surface area contributed by atoms with Crippen molar-refractivity contribution in [1.29, 1.82) is 5.26 Å². The van der Waals surface area contributed by atoms with Gasteiger partial charge in [0.05, 0.1) is 17.0 Å². The molecule has 0 bridgehead atoms. The molecule has 0 radical (unpaired) electrons. The maximum Gasteiger partial charge on any atom is 0.273 e. The highest BCUT2D eigenvalue weighted by molar-refractivity contribution is 5.39. The van der Waals surface area contributed by atoms with E-state index in [4.69, 9.17) is 5.26 Å². The van der Waals surface area contributed by atoms with Crippen LogP contribution in [0, 0.1) is 21.4 Å². The minimum atomic E-state index is -0.423. The van der Waals surface area contributed by atoms with Gasteiger partial charge in [-0.15, -0.1) is 0 Å². The molecule has 0 fully saturated rings. The SMILES string of the molecule is CC(C#N)NCc1ccccc1[N+](=O)[O-]. The van der Waals surface area contributed by atoms with Crippen LogP contribution in [0.25, 0.3) is 0 Å². The second-order valence-electron chi connectivity index (χ2n) is 3.12. The molecule has 0 amide bonds. The summed E-state index contributed by atoms with van der Waals surface area (Å²) >= 11 is 0. The van der Waals surface area contributed by atoms with E-state index in [1.807, 2.05) is 6.07 Å². The molecule has 5 nitrogen and oxygen atoms in total. The van der Waals surface area contributed by atoms with Crippen molar-refractivity contribution in [3.8, 4) is 6.07 Å². The largest absolute Gasteiger partial charge is 0.298 e. The van der Waals surface area contributed by atoms with Gasteiger partial charge in [-0.05, 0) is 6.92 Å². The van der Waals surface area contributed by atoms with Gasteiger partial charge < -0.3 is 0 Å². The molecule has 0 aliphatic rings. The fraction of sp³-hybridized carbons (Fsp3) is 0.300. The Bertz CT molecular complexity index is 398. The van der Waals surface area contributed by atoms with Gasteiger partial charge in [0.25, 0.3) is 5.69 Å². The van der Waals surface area contributed by atoms with Crippen LogP contribution in [0.2, 0.25) is 0 Å². The smallest absolute Gasteiger partial charge is 0.273 e. The van der Waals surface area contributed by atoms with E-state index in [1.165, 1.54) is 6.07 Å². The fourth-order valence-electron chi connectivity index (χ4n) is 1.15. The molecule has 1 N–H and O–H groups in total. The lowest BCUT2D eigenvalue weighted by Crippen LogP contribution is -2.23. The summed E-state index contributed by atoms with van der Waals surface area (Å²) in [5.41, 5.74) is 0.666. The quantitative estimate of drug-likeness (QED) is 0.598. The topological polar surface area (TPSA) is 79.0 Å². The maximum atomic E-state index is 10.6. The zero-order valence-electron chi connectivity index (χ0n) is 8.30. The van der Waals surface area contributed by atoms with Crippen molar-refractivity contribution >= 4 is 5.69 Å². The van der Waals surface area contributed by atoms with E-state index >= 15 is 0 Å². The lowest BCUT2D eigenvalue weighted by molar-refractivity contribution is -0.385. The van der Waals surface area contributed by atoms with Crippen molar-refractivity contribution in [3.63, 3.8) is 0 Å². The summed E-state index contributed by atoms with van der Waals surface area (Å²) in [6, 6.07) is 8.17. The standard InChI is InChI=1S/C10H11N3O2/c1-8(6-11)12-7-9-4-2-3-5-10(9)13(14)15/h2-5,8,12H,7H2,1H3. The number of nitrogens with zero attached hydrogens (tertiary/aromatic N) is 2. The summed E-state index contributed by atoms with van der Waals surface area (Å²) in [7, 11) is 0. The average Bonchev–Trinajstić information content (AvgIpc) is 2.26. The Kier molecular flexibility index (Phi) is 3.77. The molecule has 0 spiro atoms. The molecule has 15 heavy (non-hydrogen) atoms. The third-order valence-electron chi connectivity index (χ3n) is 1.98. The first-order chi connectivity index (χ1) is 7.15. The Labute approximate surface area is 87.5 Å².